The first kappa shape index (κ1) is 11.1. The summed E-state index contributed by atoms with van der Waals surface area (Å²) in [7, 11) is 2.10. The van der Waals surface area contributed by atoms with Gasteiger partial charge in [-0.2, -0.15) is 15.4 Å². The maximum atomic E-state index is 11.8. The van der Waals surface area contributed by atoms with Gasteiger partial charge in [0.05, 0.1) is 6.20 Å². The van der Waals surface area contributed by atoms with Crippen molar-refractivity contribution in [1.82, 2.24) is 25.6 Å². The Morgan fingerprint density at radius 1 is 1.69 bits per heavy atom. The van der Waals surface area contributed by atoms with Gasteiger partial charge in [-0.1, -0.05) is 6.92 Å². The summed E-state index contributed by atoms with van der Waals surface area (Å²) < 4.78 is 0. The van der Waals surface area contributed by atoms with Crippen molar-refractivity contribution in [2.75, 3.05) is 20.1 Å². The van der Waals surface area contributed by atoms with Gasteiger partial charge < -0.3 is 10.2 Å². The molecule has 88 valence electrons. The number of carbonyl (C=O) groups is 1. The molecule has 16 heavy (non-hydrogen) atoms. The van der Waals surface area contributed by atoms with Crippen LogP contribution in [0, 0.1) is 5.92 Å². The molecule has 0 bridgehead atoms. The highest BCUT2D eigenvalue weighted by atomic mass is 16.2. The van der Waals surface area contributed by atoms with Crippen molar-refractivity contribution < 1.29 is 4.79 Å². The second-order valence-corrected chi connectivity index (χ2v) is 4.46. The van der Waals surface area contributed by atoms with Crippen molar-refractivity contribution in [1.29, 1.82) is 0 Å². The van der Waals surface area contributed by atoms with Crippen LogP contribution in [0.3, 0.4) is 0 Å². The molecule has 1 aliphatic heterocycles. The van der Waals surface area contributed by atoms with E-state index in [4.69, 9.17) is 0 Å². The van der Waals surface area contributed by atoms with E-state index < -0.39 is 0 Å². The van der Waals surface area contributed by atoms with Crippen LogP contribution in [0.4, 0.5) is 0 Å². The van der Waals surface area contributed by atoms with Gasteiger partial charge in [-0.05, 0) is 25.9 Å². The third-order valence-electron chi connectivity index (χ3n) is 3.07. The summed E-state index contributed by atoms with van der Waals surface area (Å²) in [5, 5.41) is 12.8. The van der Waals surface area contributed by atoms with Gasteiger partial charge in [0, 0.05) is 12.6 Å². The lowest BCUT2D eigenvalue weighted by Gasteiger charge is -2.34. The zero-order valence-electron chi connectivity index (χ0n) is 9.60. The Bertz CT molecular complexity index is 350. The van der Waals surface area contributed by atoms with Crippen molar-refractivity contribution >= 4 is 5.91 Å². The van der Waals surface area contributed by atoms with Crippen molar-refractivity contribution in [3.63, 3.8) is 0 Å². The van der Waals surface area contributed by atoms with E-state index in [0.29, 0.717) is 11.6 Å². The van der Waals surface area contributed by atoms with E-state index in [0.717, 1.165) is 19.5 Å². The summed E-state index contributed by atoms with van der Waals surface area (Å²) in [5.41, 5.74) is 0.353. The summed E-state index contributed by atoms with van der Waals surface area (Å²) in [6.45, 7) is 4.20. The van der Waals surface area contributed by atoms with E-state index in [-0.39, 0.29) is 11.9 Å². The van der Waals surface area contributed by atoms with Crippen LogP contribution >= 0.6 is 0 Å². The molecule has 2 unspecified atom stereocenters. The Balaban J connectivity index is 1.92. The topological polar surface area (TPSA) is 73.9 Å². The fourth-order valence-electron chi connectivity index (χ4n) is 2.12. The monoisotopic (exact) mass is 223 g/mol. The van der Waals surface area contributed by atoms with E-state index in [1.807, 2.05) is 0 Å². The predicted octanol–water partition coefficient (Wildman–Crippen LogP) is -0.125. The van der Waals surface area contributed by atoms with Gasteiger partial charge in [0.1, 0.15) is 0 Å². The lowest BCUT2D eigenvalue weighted by Crippen LogP contribution is -2.48. The zero-order chi connectivity index (χ0) is 11.5. The molecule has 1 aliphatic rings. The normalized spacial score (nSPS) is 26.6. The molecule has 0 saturated carbocycles. The number of hydrogen-bond donors (Lipinski definition) is 2. The van der Waals surface area contributed by atoms with Gasteiger partial charge >= 0.3 is 0 Å². The number of hydrogen-bond acceptors (Lipinski definition) is 4. The van der Waals surface area contributed by atoms with Crippen LogP contribution in [0.1, 0.15) is 23.8 Å². The van der Waals surface area contributed by atoms with Crippen molar-refractivity contribution in [2.45, 2.75) is 19.4 Å². The molecule has 1 aromatic heterocycles. The van der Waals surface area contributed by atoms with E-state index in [9.17, 15) is 4.79 Å². The van der Waals surface area contributed by atoms with Crippen LogP contribution < -0.4 is 5.32 Å². The Labute approximate surface area is 94.4 Å². The van der Waals surface area contributed by atoms with Gasteiger partial charge in [0.2, 0.25) is 0 Å². The summed E-state index contributed by atoms with van der Waals surface area (Å²) in [5.74, 6) is 0.324. The minimum absolute atomic E-state index is 0.143. The fourth-order valence-corrected chi connectivity index (χ4v) is 2.12. The molecule has 2 atom stereocenters. The largest absolute Gasteiger partial charge is 0.347 e. The van der Waals surface area contributed by atoms with Crippen LogP contribution in [-0.4, -0.2) is 52.4 Å². The van der Waals surface area contributed by atoms with Gasteiger partial charge in [0.25, 0.3) is 5.91 Å². The lowest BCUT2D eigenvalue weighted by atomic mass is 9.94. The van der Waals surface area contributed by atoms with Crippen LogP contribution in [0.15, 0.2) is 6.20 Å². The Morgan fingerprint density at radius 2 is 2.50 bits per heavy atom. The molecular formula is C10H17N5O. The quantitative estimate of drug-likeness (QED) is 0.732. The maximum absolute atomic E-state index is 11.8. The number of carbonyl (C=O) groups excluding carboxylic acids is 1. The fraction of sp³-hybridized carbons (Fsp3) is 0.700. The highest BCUT2D eigenvalue weighted by Crippen LogP contribution is 2.15. The van der Waals surface area contributed by atoms with E-state index in [1.54, 1.807) is 0 Å². The maximum Gasteiger partial charge on any atom is 0.273 e. The van der Waals surface area contributed by atoms with Crippen LogP contribution in [-0.2, 0) is 0 Å². The highest BCUT2D eigenvalue weighted by Gasteiger charge is 2.26. The van der Waals surface area contributed by atoms with Crippen molar-refractivity contribution in [2.24, 2.45) is 5.92 Å². The Morgan fingerprint density at radius 3 is 3.12 bits per heavy atom. The van der Waals surface area contributed by atoms with Crippen LogP contribution in [0.5, 0.6) is 0 Å². The zero-order valence-corrected chi connectivity index (χ0v) is 9.60. The number of piperidine rings is 1. The Hall–Kier alpha value is -1.43. The van der Waals surface area contributed by atoms with E-state index >= 15 is 0 Å². The summed E-state index contributed by atoms with van der Waals surface area (Å²) in [4.78, 5) is 14.0. The van der Waals surface area contributed by atoms with E-state index in [2.05, 4.69) is 39.6 Å². The number of nitrogens with zero attached hydrogens (tertiary/aromatic N) is 3. The highest BCUT2D eigenvalue weighted by molar-refractivity contribution is 5.92. The number of amides is 1. The molecule has 0 aromatic carbocycles. The van der Waals surface area contributed by atoms with Gasteiger partial charge in [0.15, 0.2) is 5.69 Å². The molecule has 1 aromatic rings. The first-order chi connectivity index (χ1) is 7.66. The number of nitrogens with one attached hydrogen (secondary N) is 2. The van der Waals surface area contributed by atoms with Crippen molar-refractivity contribution in [3.8, 4) is 0 Å². The smallest absolute Gasteiger partial charge is 0.273 e. The third kappa shape index (κ3) is 2.38. The average molecular weight is 223 g/mol. The number of aromatic amines is 1. The average Bonchev–Trinajstić information content (AvgIpc) is 2.75. The summed E-state index contributed by atoms with van der Waals surface area (Å²) in [6, 6.07) is 0.236. The molecule has 2 heterocycles. The number of H-pyrrole nitrogens is 1. The molecule has 1 saturated heterocycles. The summed E-state index contributed by atoms with van der Waals surface area (Å²) >= 11 is 0. The second kappa shape index (κ2) is 4.61. The summed E-state index contributed by atoms with van der Waals surface area (Å²) in [6.07, 6.45) is 2.43. The standard InChI is InChI=1S/C10H17N5O/c1-7-6-15(2)4-3-8(7)12-10(16)9-5-11-14-13-9/h5,7-8H,3-4,6H2,1-2H3,(H,12,16)(H,11,13,14). The predicted molar refractivity (Wildman–Crippen MR) is 58.9 cm³/mol. The van der Waals surface area contributed by atoms with Crippen LogP contribution in [0.2, 0.25) is 0 Å². The van der Waals surface area contributed by atoms with Crippen LogP contribution in [0.25, 0.3) is 0 Å². The molecule has 6 nitrogen and oxygen atoms in total. The Kier molecular flexibility index (Phi) is 3.19. The number of likely N-dealkylation sites (tertiary alicyclic amines) is 1. The molecule has 2 N–H and O–H groups in total. The lowest BCUT2D eigenvalue weighted by molar-refractivity contribution is 0.0879. The molecule has 6 heteroatoms. The first-order valence-corrected chi connectivity index (χ1v) is 5.52. The van der Waals surface area contributed by atoms with Gasteiger partial charge in [-0.25, -0.2) is 0 Å². The first-order valence-electron chi connectivity index (χ1n) is 5.52. The number of aromatic nitrogens is 3. The second-order valence-electron chi connectivity index (χ2n) is 4.46. The molecular weight excluding hydrogens is 206 g/mol. The molecule has 1 amide bonds. The van der Waals surface area contributed by atoms with Crippen molar-refractivity contribution in [3.05, 3.63) is 11.9 Å². The minimum Gasteiger partial charge on any atom is -0.347 e. The minimum atomic E-state index is -0.143. The molecule has 0 aliphatic carbocycles. The van der Waals surface area contributed by atoms with Gasteiger partial charge in [-0.15, -0.1) is 0 Å². The third-order valence-corrected chi connectivity index (χ3v) is 3.07. The van der Waals surface area contributed by atoms with E-state index in [1.165, 1.54) is 6.20 Å². The van der Waals surface area contributed by atoms with Gasteiger partial charge in [-0.3, -0.25) is 4.79 Å². The molecule has 0 spiro atoms. The SMILES string of the molecule is CC1CN(C)CCC1NC(=O)c1cn[nH]n1. The number of rotatable bonds is 2. The molecule has 0 radical (unpaired) electrons. The molecule has 2 rings (SSSR count). The molecule has 1 fully saturated rings.